The summed E-state index contributed by atoms with van der Waals surface area (Å²) < 4.78 is 26.3. The molecule has 0 amide bonds. The molecular weight excluding hydrogens is 196 g/mol. The van der Waals surface area contributed by atoms with Crippen LogP contribution in [0.1, 0.15) is 51.9 Å². The second-order valence-corrected chi connectivity index (χ2v) is 4.75. The van der Waals surface area contributed by atoms with Gasteiger partial charge in [0.05, 0.1) is 0 Å². The fourth-order valence-corrected chi connectivity index (χ4v) is 2.42. The van der Waals surface area contributed by atoms with Crippen LogP contribution in [0.15, 0.2) is 0 Å². The third-order valence-electron chi connectivity index (χ3n) is 3.47. The van der Waals surface area contributed by atoms with E-state index in [-0.39, 0.29) is 0 Å². The summed E-state index contributed by atoms with van der Waals surface area (Å²) >= 11 is 0. The van der Waals surface area contributed by atoms with Gasteiger partial charge in [0.1, 0.15) is 0 Å². The van der Waals surface area contributed by atoms with Gasteiger partial charge in [0.2, 0.25) is 6.43 Å². The van der Waals surface area contributed by atoms with Crippen molar-refractivity contribution in [2.75, 3.05) is 13.1 Å². The van der Waals surface area contributed by atoms with Crippen LogP contribution in [0, 0.1) is 5.41 Å². The van der Waals surface area contributed by atoms with Gasteiger partial charge >= 0.3 is 0 Å². The van der Waals surface area contributed by atoms with E-state index in [0.29, 0.717) is 19.4 Å². The summed E-state index contributed by atoms with van der Waals surface area (Å²) in [6, 6.07) is 0. The van der Waals surface area contributed by atoms with Crippen LogP contribution in [-0.2, 0) is 0 Å². The van der Waals surface area contributed by atoms with Gasteiger partial charge in [-0.1, -0.05) is 32.6 Å². The maximum atomic E-state index is 13.1. The SMILES string of the molecule is CCCNCC1(C(F)F)CCCCCC1. The fourth-order valence-electron chi connectivity index (χ4n) is 2.42. The number of hydrogen-bond donors (Lipinski definition) is 1. The molecule has 1 rings (SSSR count). The third-order valence-corrected chi connectivity index (χ3v) is 3.47. The van der Waals surface area contributed by atoms with E-state index in [1.54, 1.807) is 0 Å². The van der Waals surface area contributed by atoms with E-state index < -0.39 is 11.8 Å². The zero-order chi connectivity index (χ0) is 11.1. The maximum absolute atomic E-state index is 13.1. The van der Waals surface area contributed by atoms with E-state index in [1.807, 2.05) is 0 Å². The van der Waals surface area contributed by atoms with Crippen LogP contribution in [0.5, 0.6) is 0 Å². The second kappa shape index (κ2) is 6.41. The third kappa shape index (κ3) is 3.71. The minimum atomic E-state index is -2.17. The summed E-state index contributed by atoms with van der Waals surface area (Å²) in [6.07, 6.45) is 4.43. The van der Waals surface area contributed by atoms with Crippen LogP contribution in [0.3, 0.4) is 0 Å². The van der Waals surface area contributed by atoms with Crippen LogP contribution in [-0.4, -0.2) is 19.5 Å². The largest absolute Gasteiger partial charge is 0.316 e. The predicted octanol–water partition coefficient (Wildman–Crippen LogP) is 3.59. The number of rotatable bonds is 5. The van der Waals surface area contributed by atoms with Crippen molar-refractivity contribution in [3.8, 4) is 0 Å². The van der Waals surface area contributed by atoms with Gasteiger partial charge in [-0.25, -0.2) is 8.78 Å². The molecule has 90 valence electrons. The van der Waals surface area contributed by atoms with Gasteiger partial charge in [-0.2, -0.15) is 0 Å². The first-order valence-corrected chi connectivity index (χ1v) is 6.20. The minimum absolute atomic E-state index is 0.499. The Labute approximate surface area is 91.6 Å². The molecule has 0 aliphatic heterocycles. The minimum Gasteiger partial charge on any atom is -0.316 e. The van der Waals surface area contributed by atoms with Crippen molar-refractivity contribution >= 4 is 0 Å². The standard InChI is InChI=1S/C12H23F2N/c1-2-9-15-10-12(11(13)14)7-5-3-4-6-8-12/h11,15H,2-10H2,1H3. The molecule has 0 atom stereocenters. The molecule has 1 saturated carbocycles. The number of nitrogens with one attached hydrogen (secondary N) is 1. The summed E-state index contributed by atoms with van der Waals surface area (Å²) in [5.74, 6) is 0. The van der Waals surface area contributed by atoms with Crippen molar-refractivity contribution in [3.05, 3.63) is 0 Å². The monoisotopic (exact) mass is 219 g/mol. The van der Waals surface area contributed by atoms with Crippen LogP contribution in [0.25, 0.3) is 0 Å². The molecular formula is C12H23F2N. The average molecular weight is 219 g/mol. The van der Waals surface area contributed by atoms with E-state index in [2.05, 4.69) is 12.2 Å². The molecule has 0 radical (unpaired) electrons. The molecule has 1 nitrogen and oxygen atoms in total. The fraction of sp³-hybridized carbons (Fsp3) is 1.00. The van der Waals surface area contributed by atoms with Gasteiger partial charge in [0.25, 0.3) is 0 Å². The highest BCUT2D eigenvalue weighted by molar-refractivity contribution is 4.86. The van der Waals surface area contributed by atoms with E-state index in [1.165, 1.54) is 0 Å². The zero-order valence-electron chi connectivity index (χ0n) is 9.70. The molecule has 0 aromatic rings. The predicted molar refractivity (Wildman–Crippen MR) is 59.3 cm³/mol. The van der Waals surface area contributed by atoms with Crippen molar-refractivity contribution in [1.29, 1.82) is 0 Å². The molecule has 15 heavy (non-hydrogen) atoms. The number of alkyl halides is 2. The number of hydrogen-bond acceptors (Lipinski definition) is 1. The van der Waals surface area contributed by atoms with E-state index in [4.69, 9.17) is 0 Å². The molecule has 0 heterocycles. The Morgan fingerprint density at radius 2 is 1.73 bits per heavy atom. The molecule has 1 aliphatic carbocycles. The smallest absolute Gasteiger partial charge is 0.245 e. The van der Waals surface area contributed by atoms with Crippen LogP contribution < -0.4 is 5.32 Å². The van der Waals surface area contributed by atoms with E-state index >= 15 is 0 Å². The van der Waals surface area contributed by atoms with Crippen LogP contribution in [0.2, 0.25) is 0 Å². The molecule has 0 unspecified atom stereocenters. The highest BCUT2D eigenvalue weighted by Crippen LogP contribution is 2.39. The summed E-state index contributed by atoms with van der Waals surface area (Å²) in [7, 11) is 0. The molecule has 3 heteroatoms. The van der Waals surface area contributed by atoms with Crippen LogP contribution in [0.4, 0.5) is 8.78 Å². The summed E-state index contributed by atoms with van der Waals surface area (Å²) in [5.41, 5.74) is -0.730. The van der Waals surface area contributed by atoms with Crippen LogP contribution >= 0.6 is 0 Å². The Bertz CT molecular complexity index is 163. The normalized spacial score (nSPS) is 21.6. The quantitative estimate of drug-likeness (QED) is 0.550. The van der Waals surface area contributed by atoms with E-state index in [0.717, 1.165) is 38.6 Å². The highest BCUT2D eigenvalue weighted by atomic mass is 19.3. The lowest BCUT2D eigenvalue weighted by atomic mass is 9.80. The Balaban J connectivity index is 2.51. The lowest BCUT2D eigenvalue weighted by Crippen LogP contribution is -2.40. The molecule has 0 saturated heterocycles. The molecule has 0 bridgehead atoms. The molecule has 0 aromatic carbocycles. The van der Waals surface area contributed by atoms with Gasteiger partial charge in [0, 0.05) is 12.0 Å². The molecule has 0 spiro atoms. The summed E-state index contributed by atoms with van der Waals surface area (Å²) in [5, 5.41) is 3.17. The van der Waals surface area contributed by atoms with E-state index in [9.17, 15) is 8.78 Å². The topological polar surface area (TPSA) is 12.0 Å². The van der Waals surface area contributed by atoms with Gasteiger partial charge in [0.15, 0.2) is 0 Å². The lowest BCUT2D eigenvalue weighted by Gasteiger charge is -2.32. The van der Waals surface area contributed by atoms with Crippen molar-refractivity contribution in [2.24, 2.45) is 5.41 Å². The zero-order valence-corrected chi connectivity index (χ0v) is 9.70. The van der Waals surface area contributed by atoms with Gasteiger partial charge in [-0.3, -0.25) is 0 Å². The second-order valence-electron chi connectivity index (χ2n) is 4.75. The molecule has 1 aliphatic rings. The van der Waals surface area contributed by atoms with Crippen molar-refractivity contribution in [1.82, 2.24) is 5.32 Å². The lowest BCUT2D eigenvalue weighted by molar-refractivity contribution is -0.0158. The van der Waals surface area contributed by atoms with Crippen molar-refractivity contribution in [3.63, 3.8) is 0 Å². The molecule has 0 aromatic heterocycles. The summed E-state index contributed by atoms with van der Waals surface area (Å²) in [4.78, 5) is 0. The van der Waals surface area contributed by atoms with Gasteiger partial charge in [-0.15, -0.1) is 0 Å². The Morgan fingerprint density at radius 1 is 1.13 bits per heavy atom. The Kier molecular flexibility index (Phi) is 5.51. The maximum Gasteiger partial charge on any atom is 0.245 e. The Morgan fingerprint density at radius 3 is 2.20 bits per heavy atom. The molecule has 1 N–H and O–H groups in total. The highest BCUT2D eigenvalue weighted by Gasteiger charge is 2.39. The van der Waals surface area contributed by atoms with Crippen molar-refractivity contribution < 1.29 is 8.78 Å². The van der Waals surface area contributed by atoms with Gasteiger partial charge < -0.3 is 5.32 Å². The summed E-state index contributed by atoms with van der Waals surface area (Å²) in [6.45, 7) is 3.42. The Hall–Kier alpha value is -0.180. The first kappa shape index (κ1) is 12.9. The van der Waals surface area contributed by atoms with Gasteiger partial charge in [-0.05, 0) is 25.8 Å². The molecule has 1 fully saturated rings. The first-order chi connectivity index (χ1) is 7.21. The number of halogens is 2. The first-order valence-electron chi connectivity index (χ1n) is 6.20. The van der Waals surface area contributed by atoms with Crippen molar-refractivity contribution in [2.45, 2.75) is 58.3 Å². The average Bonchev–Trinajstić information content (AvgIpc) is 2.45.